The Morgan fingerprint density at radius 1 is 1.00 bits per heavy atom. The molecule has 0 radical (unpaired) electrons. The monoisotopic (exact) mass is 166 g/mol. The van der Waals surface area contributed by atoms with E-state index >= 15 is 0 Å². The highest BCUT2D eigenvalue weighted by Crippen LogP contribution is 2.53. The van der Waals surface area contributed by atoms with Gasteiger partial charge in [-0.3, -0.25) is 0 Å². The summed E-state index contributed by atoms with van der Waals surface area (Å²) < 4.78 is 0. The molecule has 3 atom stereocenters. The van der Waals surface area contributed by atoms with Gasteiger partial charge in [-0.05, 0) is 36.5 Å². The minimum atomic E-state index is 0.803. The van der Waals surface area contributed by atoms with Gasteiger partial charge in [-0.2, -0.15) is 0 Å². The summed E-state index contributed by atoms with van der Waals surface area (Å²) in [4.78, 5) is 0. The molecule has 0 nitrogen and oxygen atoms in total. The average molecular weight is 166 g/mol. The van der Waals surface area contributed by atoms with E-state index in [1.165, 1.54) is 32.1 Å². The quantitative estimate of drug-likeness (QED) is 0.510. The van der Waals surface area contributed by atoms with Gasteiger partial charge in [-0.25, -0.2) is 0 Å². The molecule has 2 fully saturated rings. The Labute approximate surface area is 76.7 Å². The van der Waals surface area contributed by atoms with Crippen molar-refractivity contribution in [1.29, 1.82) is 0 Å². The highest BCUT2D eigenvalue weighted by atomic mass is 14.5. The second kappa shape index (κ2) is 3.05. The zero-order valence-corrected chi connectivity index (χ0v) is 8.60. The summed E-state index contributed by atoms with van der Waals surface area (Å²) in [6, 6.07) is 0. The van der Waals surface area contributed by atoms with Crippen LogP contribution in [0.15, 0.2) is 0 Å². The summed E-state index contributed by atoms with van der Waals surface area (Å²) in [6.45, 7) is 4.94. The maximum atomic E-state index is 2.49. The van der Waals surface area contributed by atoms with Crippen LogP contribution in [0.4, 0.5) is 0 Å². The molecule has 0 aromatic heterocycles. The van der Waals surface area contributed by atoms with E-state index in [0.29, 0.717) is 0 Å². The smallest absolute Gasteiger partial charge is 0.0269 e. The van der Waals surface area contributed by atoms with Gasteiger partial charge in [0.25, 0.3) is 0 Å². The van der Waals surface area contributed by atoms with Gasteiger partial charge in [0.05, 0.1) is 0 Å². The van der Waals surface area contributed by atoms with E-state index in [-0.39, 0.29) is 0 Å². The molecule has 0 amide bonds. The molecule has 0 heterocycles. The van der Waals surface area contributed by atoms with Gasteiger partial charge in [0.15, 0.2) is 0 Å². The van der Waals surface area contributed by atoms with Gasteiger partial charge in [0, 0.05) is 0 Å². The van der Waals surface area contributed by atoms with Crippen LogP contribution in [0, 0.1) is 17.3 Å². The van der Waals surface area contributed by atoms with Crippen molar-refractivity contribution in [3.8, 4) is 0 Å². The normalized spacial score (nSPS) is 48.5. The number of rotatable bonds is 0. The Hall–Kier alpha value is 0. The Kier molecular flexibility index (Phi) is 2.18. The average Bonchev–Trinajstić information content (AvgIpc) is 2.33. The number of hydrogen-bond acceptors (Lipinski definition) is 0. The molecule has 0 aromatic carbocycles. The van der Waals surface area contributed by atoms with Gasteiger partial charge in [-0.1, -0.05) is 39.5 Å². The molecule has 2 saturated carbocycles. The van der Waals surface area contributed by atoms with Crippen molar-refractivity contribution in [3.63, 3.8) is 0 Å². The third kappa shape index (κ3) is 1.30. The SMILES string of the molecule is CC1CCCC2(CCCC2C)C1. The Morgan fingerprint density at radius 3 is 2.17 bits per heavy atom. The van der Waals surface area contributed by atoms with Crippen molar-refractivity contribution in [1.82, 2.24) is 0 Å². The lowest BCUT2D eigenvalue weighted by Gasteiger charge is -2.40. The Balaban J connectivity index is 2.08. The van der Waals surface area contributed by atoms with E-state index in [2.05, 4.69) is 13.8 Å². The van der Waals surface area contributed by atoms with E-state index in [1.807, 2.05) is 0 Å². The molecular formula is C12H22. The van der Waals surface area contributed by atoms with Crippen LogP contribution in [0.1, 0.15) is 58.8 Å². The minimum absolute atomic E-state index is 0.803. The molecule has 0 saturated heterocycles. The summed E-state index contributed by atoms with van der Waals surface area (Å²) in [5, 5.41) is 0. The van der Waals surface area contributed by atoms with Crippen LogP contribution >= 0.6 is 0 Å². The highest BCUT2D eigenvalue weighted by molar-refractivity contribution is 4.93. The molecule has 12 heavy (non-hydrogen) atoms. The van der Waals surface area contributed by atoms with Gasteiger partial charge in [-0.15, -0.1) is 0 Å². The molecule has 3 unspecified atom stereocenters. The standard InChI is InChI=1S/C12H22/c1-10-5-3-7-12(9-10)8-4-6-11(12)2/h10-11H,3-9H2,1-2H3. The van der Waals surface area contributed by atoms with E-state index in [0.717, 1.165) is 17.3 Å². The zero-order chi connectivity index (χ0) is 8.60. The first-order valence-electron chi connectivity index (χ1n) is 5.73. The molecule has 0 aromatic rings. The van der Waals surface area contributed by atoms with E-state index in [4.69, 9.17) is 0 Å². The minimum Gasteiger partial charge on any atom is -0.0625 e. The van der Waals surface area contributed by atoms with Crippen LogP contribution in [0.25, 0.3) is 0 Å². The predicted octanol–water partition coefficient (Wildman–Crippen LogP) is 4.00. The molecule has 2 aliphatic carbocycles. The first kappa shape index (κ1) is 8.59. The molecule has 0 N–H and O–H groups in total. The molecule has 0 bridgehead atoms. The Bertz CT molecular complexity index is 161. The Morgan fingerprint density at radius 2 is 1.67 bits per heavy atom. The van der Waals surface area contributed by atoms with Crippen LogP contribution in [-0.4, -0.2) is 0 Å². The summed E-state index contributed by atoms with van der Waals surface area (Å²) >= 11 is 0. The molecule has 0 heteroatoms. The summed E-state index contributed by atoms with van der Waals surface area (Å²) in [5.41, 5.74) is 0.803. The lowest BCUT2D eigenvalue weighted by Crippen LogP contribution is -2.29. The van der Waals surface area contributed by atoms with Crippen molar-refractivity contribution < 1.29 is 0 Å². The molecule has 0 aliphatic heterocycles. The molecule has 1 spiro atoms. The number of hydrogen-bond donors (Lipinski definition) is 0. The van der Waals surface area contributed by atoms with Crippen molar-refractivity contribution in [2.45, 2.75) is 58.8 Å². The van der Waals surface area contributed by atoms with Crippen molar-refractivity contribution in [2.75, 3.05) is 0 Å². The molecule has 2 rings (SSSR count). The summed E-state index contributed by atoms with van der Waals surface area (Å²) in [6.07, 6.45) is 10.6. The lowest BCUT2D eigenvalue weighted by molar-refractivity contribution is 0.105. The van der Waals surface area contributed by atoms with Gasteiger partial charge in [0.1, 0.15) is 0 Å². The summed E-state index contributed by atoms with van der Waals surface area (Å²) in [7, 11) is 0. The fourth-order valence-corrected chi connectivity index (χ4v) is 3.69. The predicted molar refractivity (Wildman–Crippen MR) is 53.1 cm³/mol. The van der Waals surface area contributed by atoms with Crippen LogP contribution < -0.4 is 0 Å². The van der Waals surface area contributed by atoms with Crippen LogP contribution in [0.3, 0.4) is 0 Å². The highest BCUT2D eigenvalue weighted by Gasteiger charge is 2.42. The van der Waals surface area contributed by atoms with Gasteiger partial charge in [0.2, 0.25) is 0 Å². The second-order valence-electron chi connectivity index (χ2n) is 5.36. The fourth-order valence-electron chi connectivity index (χ4n) is 3.69. The first-order valence-corrected chi connectivity index (χ1v) is 5.73. The fraction of sp³-hybridized carbons (Fsp3) is 1.00. The third-order valence-electron chi connectivity index (χ3n) is 4.48. The van der Waals surface area contributed by atoms with E-state index < -0.39 is 0 Å². The first-order chi connectivity index (χ1) is 5.73. The largest absolute Gasteiger partial charge is 0.0625 e. The van der Waals surface area contributed by atoms with Gasteiger partial charge < -0.3 is 0 Å². The zero-order valence-electron chi connectivity index (χ0n) is 8.60. The van der Waals surface area contributed by atoms with Crippen molar-refractivity contribution in [2.24, 2.45) is 17.3 Å². The van der Waals surface area contributed by atoms with Crippen molar-refractivity contribution in [3.05, 3.63) is 0 Å². The maximum absolute atomic E-state index is 2.49. The maximum Gasteiger partial charge on any atom is -0.0269 e. The van der Waals surface area contributed by atoms with Crippen LogP contribution in [0.2, 0.25) is 0 Å². The second-order valence-corrected chi connectivity index (χ2v) is 5.36. The van der Waals surface area contributed by atoms with E-state index in [9.17, 15) is 0 Å². The lowest BCUT2D eigenvalue weighted by atomic mass is 9.65. The van der Waals surface area contributed by atoms with Crippen LogP contribution in [0.5, 0.6) is 0 Å². The summed E-state index contributed by atoms with van der Waals surface area (Å²) in [5.74, 6) is 2.04. The molecule has 70 valence electrons. The molecule has 2 aliphatic rings. The van der Waals surface area contributed by atoms with E-state index in [1.54, 1.807) is 12.8 Å². The molecular weight excluding hydrogens is 144 g/mol. The van der Waals surface area contributed by atoms with Crippen LogP contribution in [-0.2, 0) is 0 Å². The van der Waals surface area contributed by atoms with Gasteiger partial charge >= 0.3 is 0 Å². The third-order valence-corrected chi connectivity index (χ3v) is 4.48. The van der Waals surface area contributed by atoms with Crippen molar-refractivity contribution >= 4 is 0 Å². The topological polar surface area (TPSA) is 0 Å².